The van der Waals surface area contributed by atoms with Crippen molar-refractivity contribution in [3.63, 3.8) is 0 Å². The molecule has 2 heterocycles. The fraction of sp³-hybridized carbons (Fsp3) is 0.476. The number of benzene rings is 1. The van der Waals surface area contributed by atoms with Gasteiger partial charge in [-0.15, -0.1) is 0 Å². The van der Waals surface area contributed by atoms with Crippen LogP contribution in [0, 0.1) is 6.92 Å². The van der Waals surface area contributed by atoms with Crippen molar-refractivity contribution in [3.05, 3.63) is 57.9 Å². The number of aromatic amines is 1. The van der Waals surface area contributed by atoms with Crippen LogP contribution in [-0.4, -0.2) is 35.1 Å². The van der Waals surface area contributed by atoms with Gasteiger partial charge in [0.15, 0.2) is 5.43 Å². The Balaban J connectivity index is 1.58. The number of nitrogens with one attached hydrogen (secondary N) is 2. The van der Waals surface area contributed by atoms with Gasteiger partial charge in [-0.2, -0.15) is 0 Å². The lowest BCUT2D eigenvalue weighted by Gasteiger charge is -2.45. The molecule has 1 saturated carbocycles. The first-order valence-corrected chi connectivity index (χ1v) is 9.41. The van der Waals surface area contributed by atoms with E-state index in [1.165, 1.54) is 31.2 Å². The molecule has 0 atom stereocenters. The number of nitrogens with zero attached hydrogens (tertiary/aromatic N) is 1. The van der Waals surface area contributed by atoms with Crippen LogP contribution < -0.4 is 10.7 Å². The third-order valence-electron chi connectivity index (χ3n) is 5.90. The zero-order valence-corrected chi connectivity index (χ0v) is 15.0. The zero-order valence-electron chi connectivity index (χ0n) is 15.0. The average molecular weight is 337 g/mol. The van der Waals surface area contributed by atoms with E-state index in [1.807, 2.05) is 18.3 Å². The Morgan fingerprint density at radius 1 is 1.20 bits per heavy atom. The first-order chi connectivity index (χ1) is 12.2. The molecule has 1 aromatic carbocycles. The molecule has 1 spiro atoms. The van der Waals surface area contributed by atoms with Gasteiger partial charge in [0.25, 0.3) is 0 Å². The minimum atomic E-state index is 0.141. The molecule has 4 nitrogen and oxygen atoms in total. The fourth-order valence-electron chi connectivity index (χ4n) is 4.47. The molecular formula is C21H27N3O. The van der Waals surface area contributed by atoms with E-state index in [0.29, 0.717) is 0 Å². The summed E-state index contributed by atoms with van der Waals surface area (Å²) in [4.78, 5) is 18.6. The van der Waals surface area contributed by atoms with Crippen LogP contribution in [0.25, 0.3) is 11.3 Å². The third kappa shape index (κ3) is 3.29. The molecule has 0 unspecified atom stereocenters. The monoisotopic (exact) mass is 337 g/mol. The van der Waals surface area contributed by atoms with Crippen LogP contribution in [0.3, 0.4) is 0 Å². The molecule has 2 aromatic rings. The lowest BCUT2D eigenvalue weighted by Crippen LogP contribution is -2.59. The number of aromatic nitrogens is 1. The molecule has 1 aliphatic carbocycles. The summed E-state index contributed by atoms with van der Waals surface area (Å²) in [6, 6.07) is 10.0. The van der Waals surface area contributed by atoms with E-state index in [0.717, 1.165) is 43.0 Å². The van der Waals surface area contributed by atoms with Gasteiger partial charge in [-0.3, -0.25) is 9.69 Å². The van der Waals surface area contributed by atoms with Crippen LogP contribution in [0.5, 0.6) is 0 Å². The Morgan fingerprint density at radius 3 is 2.80 bits per heavy atom. The van der Waals surface area contributed by atoms with Gasteiger partial charge < -0.3 is 10.3 Å². The van der Waals surface area contributed by atoms with E-state index in [1.54, 1.807) is 6.07 Å². The van der Waals surface area contributed by atoms with Crippen molar-refractivity contribution >= 4 is 0 Å². The summed E-state index contributed by atoms with van der Waals surface area (Å²) in [7, 11) is 0. The molecule has 132 valence electrons. The number of hydrogen-bond acceptors (Lipinski definition) is 3. The number of H-pyrrole nitrogens is 1. The predicted molar refractivity (Wildman–Crippen MR) is 102 cm³/mol. The SMILES string of the molecule is Cc1cccc(-c2cc(=O)c(CN3CCNCC34CCCC4)c[nH]2)c1. The Hall–Kier alpha value is -1.91. The van der Waals surface area contributed by atoms with Crippen molar-refractivity contribution < 1.29 is 0 Å². The number of piperazine rings is 1. The summed E-state index contributed by atoms with van der Waals surface area (Å²) >= 11 is 0. The predicted octanol–water partition coefficient (Wildman–Crippen LogP) is 3.07. The van der Waals surface area contributed by atoms with Gasteiger partial charge in [-0.05, 0) is 31.4 Å². The van der Waals surface area contributed by atoms with Gasteiger partial charge in [0.1, 0.15) is 0 Å². The summed E-state index contributed by atoms with van der Waals surface area (Å²) in [6.45, 7) is 5.93. The normalized spacial score (nSPS) is 20.2. The number of rotatable bonds is 3. The molecule has 2 fully saturated rings. The minimum Gasteiger partial charge on any atom is -0.361 e. The largest absolute Gasteiger partial charge is 0.361 e. The van der Waals surface area contributed by atoms with Gasteiger partial charge in [0, 0.05) is 55.2 Å². The first kappa shape index (κ1) is 16.6. The molecule has 1 aromatic heterocycles. The van der Waals surface area contributed by atoms with Crippen LogP contribution >= 0.6 is 0 Å². The maximum absolute atomic E-state index is 12.7. The van der Waals surface area contributed by atoms with Crippen molar-refractivity contribution in [2.45, 2.75) is 44.7 Å². The van der Waals surface area contributed by atoms with Crippen molar-refractivity contribution in [1.82, 2.24) is 15.2 Å². The van der Waals surface area contributed by atoms with E-state index >= 15 is 0 Å². The summed E-state index contributed by atoms with van der Waals surface area (Å²) in [6.07, 6.45) is 7.03. The number of hydrogen-bond donors (Lipinski definition) is 2. The topological polar surface area (TPSA) is 48.1 Å². The van der Waals surface area contributed by atoms with Crippen LogP contribution in [0.2, 0.25) is 0 Å². The lowest BCUT2D eigenvalue weighted by atomic mass is 9.92. The molecule has 25 heavy (non-hydrogen) atoms. The second-order valence-corrected chi connectivity index (χ2v) is 7.64. The van der Waals surface area contributed by atoms with E-state index < -0.39 is 0 Å². The van der Waals surface area contributed by atoms with Crippen molar-refractivity contribution in [1.29, 1.82) is 0 Å². The molecule has 2 N–H and O–H groups in total. The summed E-state index contributed by atoms with van der Waals surface area (Å²) in [5, 5.41) is 3.56. The Morgan fingerprint density at radius 2 is 2.04 bits per heavy atom. The van der Waals surface area contributed by atoms with Gasteiger partial charge in [-0.1, -0.05) is 36.6 Å². The van der Waals surface area contributed by atoms with Crippen molar-refractivity contribution in [3.8, 4) is 11.3 Å². The van der Waals surface area contributed by atoms with Gasteiger partial charge in [0.05, 0.1) is 0 Å². The first-order valence-electron chi connectivity index (χ1n) is 9.41. The average Bonchev–Trinajstić information content (AvgIpc) is 3.08. The molecule has 0 bridgehead atoms. The second-order valence-electron chi connectivity index (χ2n) is 7.64. The van der Waals surface area contributed by atoms with Gasteiger partial charge in [0.2, 0.25) is 0 Å². The Bertz CT molecular complexity index is 805. The quantitative estimate of drug-likeness (QED) is 0.905. The molecule has 4 rings (SSSR count). The second kappa shape index (κ2) is 6.77. The minimum absolute atomic E-state index is 0.141. The standard InChI is InChI=1S/C21H27N3O/c1-16-5-4-6-17(11-16)19-12-20(25)18(13-23-19)14-24-10-9-22-15-21(24)7-2-3-8-21/h4-6,11-13,22H,2-3,7-10,14-15H2,1H3,(H,23,25). The molecule has 1 saturated heterocycles. The fourth-order valence-corrected chi connectivity index (χ4v) is 4.47. The maximum Gasteiger partial charge on any atom is 0.186 e. The van der Waals surface area contributed by atoms with E-state index in [9.17, 15) is 4.79 Å². The summed E-state index contributed by atoms with van der Waals surface area (Å²) in [5.74, 6) is 0. The van der Waals surface area contributed by atoms with E-state index in [4.69, 9.17) is 0 Å². The number of pyridine rings is 1. The smallest absolute Gasteiger partial charge is 0.186 e. The van der Waals surface area contributed by atoms with Crippen LogP contribution in [0.15, 0.2) is 41.3 Å². The highest BCUT2D eigenvalue weighted by atomic mass is 16.1. The van der Waals surface area contributed by atoms with Crippen molar-refractivity contribution in [2.75, 3.05) is 19.6 Å². The molecule has 0 radical (unpaired) electrons. The third-order valence-corrected chi connectivity index (χ3v) is 5.90. The molecule has 2 aliphatic rings. The molecule has 1 aliphatic heterocycles. The molecule has 4 heteroatoms. The van der Waals surface area contributed by atoms with Gasteiger partial charge >= 0.3 is 0 Å². The summed E-state index contributed by atoms with van der Waals surface area (Å²) in [5.41, 5.74) is 4.45. The highest BCUT2D eigenvalue weighted by Crippen LogP contribution is 2.36. The van der Waals surface area contributed by atoms with E-state index in [2.05, 4.69) is 34.3 Å². The Kier molecular flexibility index (Phi) is 4.48. The maximum atomic E-state index is 12.7. The van der Waals surface area contributed by atoms with Crippen molar-refractivity contribution in [2.24, 2.45) is 0 Å². The molecule has 0 amide bonds. The van der Waals surface area contributed by atoms with E-state index in [-0.39, 0.29) is 11.0 Å². The highest BCUT2D eigenvalue weighted by molar-refractivity contribution is 5.59. The number of aryl methyl sites for hydroxylation is 1. The van der Waals surface area contributed by atoms with Gasteiger partial charge in [-0.25, -0.2) is 0 Å². The zero-order chi connectivity index (χ0) is 17.3. The summed E-state index contributed by atoms with van der Waals surface area (Å²) < 4.78 is 0. The van der Waals surface area contributed by atoms with Crippen LogP contribution in [0.1, 0.15) is 36.8 Å². The molecular weight excluding hydrogens is 310 g/mol. The Labute approximate surface area is 149 Å². The highest BCUT2D eigenvalue weighted by Gasteiger charge is 2.41. The van der Waals surface area contributed by atoms with Crippen LogP contribution in [0.4, 0.5) is 0 Å². The van der Waals surface area contributed by atoms with Crippen LogP contribution in [-0.2, 0) is 6.54 Å². The lowest BCUT2D eigenvalue weighted by molar-refractivity contribution is 0.0569.